The summed E-state index contributed by atoms with van der Waals surface area (Å²) >= 11 is 5.05. The van der Waals surface area contributed by atoms with Crippen molar-refractivity contribution in [2.75, 3.05) is 0 Å². The quantitative estimate of drug-likeness (QED) is 0.453. The topological polar surface area (TPSA) is 75.3 Å². The Balaban J connectivity index is 3.83. The second kappa shape index (κ2) is 3.66. The summed E-state index contributed by atoms with van der Waals surface area (Å²) in [5, 5.41) is 8.73. The van der Waals surface area contributed by atoms with E-state index in [4.69, 9.17) is 22.6 Å². The molecule has 0 bridgehead atoms. The number of aliphatic hydroxyl groups is 1. The Labute approximate surface area is 58.1 Å². The third-order valence-electron chi connectivity index (χ3n) is 0.906. The molecule has 54 valence electrons. The van der Waals surface area contributed by atoms with Crippen molar-refractivity contribution in [3.8, 4) is 0 Å². The van der Waals surface area contributed by atoms with Crippen LogP contribution in [0.1, 0.15) is 6.92 Å². The lowest BCUT2D eigenvalue weighted by Crippen LogP contribution is -2.44. The van der Waals surface area contributed by atoms with Gasteiger partial charge in [-0.3, -0.25) is 4.79 Å². The molecule has 0 aliphatic carbocycles. The van der Waals surface area contributed by atoms with E-state index in [-0.39, 0.29) is 0 Å². The largest absolute Gasteiger partial charge is 0.391 e. The molecule has 0 saturated carbocycles. The fraction of sp³-hybridized carbons (Fsp3) is 0.750. The molecule has 0 aliphatic rings. The highest BCUT2D eigenvalue weighted by Gasteiger charge is 2.18. The summed E-state index contributed by atoms with van der Waals surface area (Å²) in [6.45, 7) is 1.42. The van der Waals surface area contributed by atoms with Crippen LogP contribution in [0.15, 0.2) is 0 Å². The fourth-order valence-electron chi connectivity index (χ4n) is 0.383. The molecule has 9 heavy (non-hydrogen) atoms. The number of nitrogens with two attached hydrogens (primary N) is 1. The van der Waals surface area contributed by atoms with Crippen molar-refractivity contribution in [2.45, 2.75) is 19.1 Å². The highest BCUT2D eigenvalue weighted by molar-refractivity contribution is 6.15. The molecule has 0 fully saturated rings. The Hall–Kier alpha value is -0.320. The minimum Gasteiger partial charge on any atom is -0.391 e. The van der Waals surface area contributed by atoms with E-state index in [0.717, 1.165) is 0 Å². The van der Waals surface area contributed by atoms with Crippen LogP contribution in [-0.2, 0) is 4.79 Å². The van der Waals surface area contributed by atoms with Gasteiger partial charge in [0, 0.05) is 0 Å². The number of carbonyl (C=O) groups excluding carboxylic acids is 1. The van der Waals surface area contributed by atoms with Gasteiger partial charge in [0.05, 0.1) is 6.10 Å². The van der Waals surface area contributed by atoms with Crippen LogP contribution in [0.3, 0.4) is 0 Å². The predicted octanol–water partition coefficient (Wildman–Crippen LogP) is -1.04. The van der Waals surface area contributed by atoms with Gasteiger partial charge in [0.1, 0.15) is 6.04 Å². The summed E-state index contributed by atoms with van der Waals surface area (Å²) in [6, 6.07) is -0.869. The van der Waals surface area contributed by atoms with Gasteiger partial charge in [0.2, 0.25) is 5.91 Å². The number of aliphatic hydroxyl groups excluding tert-OH is 1. The number of carbonyl (C=O) groups is 1. The summed E-state index contributed by atoms with van der Waals surface area (Å²) in [5.74, 6) is -0.667. The van der Waals surface area contributed by atoms with Gasteiger partial charge in [-0.15, -0.1) is 0 Å². The van der Waals surface area contributed by atoms with Gasteiger partial charge in [-0.25, -0.2) is 4.84 Å². The zero-order chi connectivity index (χ0) is 7.44. The molecule has 0 aliphatic heterocycles. The second-order valence-corrected chi connectivity index (χ2v) is 1.95. The van der Waals surface area contributed by atoms with Gasteiger partial charge in [0.25, 0.3) is 0 Å². The van der Waals surface area contributed by atoms with E-state index in [1.165, 1.54) is 6.92 Å². The van der Waals surface area contributed by atoms with Gasteiger partial charge < -0.3 is 10.8 Å². The molecule has 2 atom stereocenters. The fourth-order valence-corrected chi connectivity index (χ4v) is 0.673. The van der Waals surface area contributed by atoms with Crippen molar-refractivity contribution in [1.82, 2.24) is 4.84 Å². The summed E-state index contributed by atoms with van der Waals surface area (Å²) in [4.78, 5) is 12.3. The molecule has 0 unspecified atom stereocenters. The third-order valence-corrected chi connectivity index (χ3v) is 1.14. The van der Waals surface area contributed by atoms with Crippen LogP contribution in [0, 0.1) is 0 Å². The maximum absolute atomic E-state index is 10.3. The van der Waals surface area contributed by atoms with E-state index in [1.807, 2.05) is 4.84 Å². The molecule has 0 saturated heterocycles. The molecule has 4 N–H and O–H groups in total. The van der Waals surface area contributed by atoms with E-state index in [1.54, 1.807) is 0 Å². The first-order chi connectivity index (χ1) is 4.09. The average molecular weight is 153 g/mol. The number of hydrogen-bond donors (Lipinski definition) is 3. The van der Waals surface area contributed by atoms with Gasteiger partial charge in [0.15, 0.2) is 0 Å². The van der Waals surface area contributed by atoms with E-state index in [2.05, 4.69) is 0 Å². The summed E-state index contributed by atoms with van der Waals surface area (Å²) in [5.41, 5.74) is 4.80. The monoisotopic (exact) mass is 152 g/mol. The first-order valence-corrected chi connectivity index (χ1v) is 2.81. The van der Waals surface area contributed by atoms with Crippen LogP contribution in [0.25, 0.3) is 0 Å². The minimum atomic E-state index is -0.869. The van der Waals surface area contributed by atoms with Crippen LogP contribution >= 0.6 is 11.8 Å². The first kappa shape index (κ1) is 8.68. The molecule has 0 radical (unpaired) electrons. The molecule has 1 amide bonds. The van der Waals surface area contributed by atoms with Crippen molar-refractivity contribution in [1.29, 1.82) is 0 Å². The van der Waals surface area contributed by atoms with Gasteiger partial charge >= 0.3 is 0 Å². The van der Waals surface area contributed by atoms with Crippen molar-refractivity contribution in [3.05, 3.63) is 0 Å². The molecule has 0 rings (SSSR count). The maximum Gasteiger partial charge on any atom is 0.238 e. The maximum atomic E-state index is 10.3. The van der Waals surface area contributed by atoms with Gasteiger partial charge in [-0.1, -0.05) is 0 Å². The lowest BCUT2D eigenvalue weighted by molar-refractivity contribution is -0.121. The SMILES string of the molecule is C[C@@H](O)[C@H](NCl)C(N)=O. The molecule has 0 heterocycles. The van der Waals surface area contributed by atoms with Crippen LogP contribution in [0.4, 0.5) is 0 Å². The molecular formula is C4H9ClN2O2. The van der Waals surface area contributed by atoms with Crippen molar-refractivity contribution < 1.29 is 9.90 Å². The number of primary amides is 1. The van der Waals surface area contributed by atoms with E-state index in [9.17, 15) is 4.79 Å². The molecule has 0 aromatic heterocycles. The van der Waals surface area contributed by atoms with E-state index < -0.39 is 18.1 Å². The Morgan fingerprint density at radius 3 is 2.33 bits per heavy atom. The number of nitrogens with one attached hydrogen (secondary N) is 1. The van der Waals surface area contributed by atoms with Crippen molar-refractivity contribution in [2.24, 2.45) is 5.73 Å². The van der Waals surface area contributed by atoms with Crippen molar-refractivity contribution >= 4 is 17.7 Å². The predicted molar refractivity (Wildman–Crippen MR) is 33.7 cm³/mol. The molecular weight excluding hydrogens is 144 g/mol. The highest BCUT2D eigenvalue weighted by Crippen LogP contribution is 1.91. The minimum absolute atomic E-state index is 0.667. The van der Waals surface area contributed by atoms with Crippen molar-refractivity contribution in [3.63, 3.8) is 0 Å². The second-order valence-electron chi connectivity index (χ2n) is 1.73. The average Bonchev–Trinajstić information content (AvgIpc) is 1.64. The number of rotatable bonds is 3. The molecule has 0 spiro atoms. The lowest BCUT2D eigenvalue weighted by Gasteiger charge is -2.12. The smallest absolute Gasteiger partial charge is 0.238 e. The summed E-state index contributed by atoms with van der Waals surface area (Å²) < 4.78 is 0. The number of halogens is 1. The Bertz CT molecular complexity index is 107. The normalized spacial score (nSPS) is 16.8. The zero-order valence-electron chi connectivity index (χ0n) is 4.97. The van der Waals surface area contributed by atoms with Crippen LogP contribution in [0.2, 0.25) is 0 Å². The summed E-state index contributed by atoms with van der Waals surface area (Å²) in [7, 11) is 0. The Morgan fingerprint density at radius 2 is 2.33 bits per heavy atom. The number of amides is 1. The first-order valence-electron chi connectivity index (χ1n) is 2.43. The molecule has 0 aromatic rings. The number of hydrogen-bond acceptors (Lipinski definition) is 3. The van der Waals surface area contributed by atoms with Crippen LogP contribution < -0.4 is 10.6 Å². The Morgan fingerprint density at radius 1 is 1.89 bits per heavy atom. The van der Waals surface area contributed by atoms with E-state index in [0.29, 0.717) is 0 Å². The van der Waals surface area contributed by atoms with Gasteiger partial charge in [-0.05, 0) is 18.7 Å². The highest BCUT2D eigenvalue weighted by atomic mass is 35.5. The molecule has 0 aromatic carbocycles. The molecule has 4 nitrogen and oxygen atoms in total. The van der Waals surface area contributed by atoms with Gasteiger partial charge in [-0.2, -0.15) is 0 Å². The Kier molecular flexibility index (Phi) is 3.53. The van der Waals surface area contributed by atoms with Crippen LogP contribution in [-0.4, -0.2) is 23.2 Å². The van der Waals surface area contributed by atoms with Crippen LogP contribution in [0.5, 0.6) is 0 Å². The zero-order valence-corrected chi connectivity index (χ0v) is 5.72. The van der Waals surface area contributed by atoms with E-state index >= 15 is 0 Å². The molecule has 5 heteroatoms. The lowest BCUT2D eigenvalue weighted by atomic mass is 10.2. The third kappa shape index (κ3) is 2.64. The standard InChI is InChI=1S/C4H9ClN2O2/c1-2(8)3(7-5)4(6)9/h2-3,7-8H,1H3,(H2,6,9)/t2-,3+/m1/s1. The summed E-state index contributed by atoms with van der Waals surface area (Å²) in [6.07, 6.45) is -0.861.